The molecule has 0 aliphatic heterocycles. The monoisotopic (exact) mass is 189 g/mol. The van der Waals surface area contributed by atoms with Crippen LogP contribution in [0.4, 0.5) is 0 Å². The first-order chi connectivity index (χ1) is 6.63. The van der Waals surface area contributed by atoms with Crippen molar-refractivity contribution in [3.63, 3.8) is 0 Å². The van der Waals surface area contributed by atoms with Gasteiger partial charge in [-0.25, -0.2) is 0 Å². The van der Waals surface area contributed by atoms with E-state index in [1.807, 2.05) is 0 Å². The van der Waals surface area contributed by atoms with Crippen molar-refractivity contribution in [3.8, 4) is 0 Å². The highest BCUT2D eigenvalue weighted by Crippen LogP contribution is 2.12. The molecule has 1 unspecified atom stereocenters. The van der Waals surface area contributed by atoms with Crippen molar-refractivity contribution in [2.24, 2.45) is 5.73 Å². The van der Waals surface area contributed by atoms with E-state index < -0.39 is 0 Å². The Morgan fingerprint density at radius 3 is 2.64 bits per heavy atom. The second-order valence-electron chi connectivity index (χ2n) is 3.79. The maximum absolute atomic E-state index is 5.81. The van der Waals surface area contributed by atoms with Crippen molar-refractivity contribution in [1.82, 2.24) is 0 Å². The highest BCUT2D eigenvalue weighted by Gasteiger charge is 1.95. The zero-order valence-electron chi connectivity index (χ0n) is 9.25. The molecule has 0 saturated carbocycles. The Labute approximate surface area is 86.6 Å². The lowest BCUT2D eigenvalue weighted by atomic mass is 10.0. The van der Waals surface area contributed by atoms with E-state index in [1.165, 1.54) is 16.7 Å². The van der Waals surface area contributed by atoms with E-state index in [4.69, 9.17) is 5.73 Å². The lowest BCUT2D eigenvalue weighted by Crippen LogP contribution is -2.14. The Balaban J connectivity index is 2.82. The summed E-state index contributed by atoms with van der Waals surface area (Å²) in [5.74, 6) is 0. The molecule has 1 aromatic carbocycles. The summed E-state index contributed by atoms with van der Waals surface area (Å²) >= 11 is 0. The summed E-state index contributed by atoms with van der Waals surface area (Å²) in [6, 6.07) is 6.64. The first kappa shape index (κ1) is 11.0. The van der Waals surface area contributed by atoms with Crippen LogP contribution in [0.15, 0.2) is 24.3 Å². The Morgan fingerprint density at radius 2 is 2.07 bits per heavy atom. The molecule has 0 bridgehead atoms. The third-order valence-corrected chi connectivity index (χ3v) is 2.42. The second kappa shape index (κ2) is 4.97. The van der Waals surface area contributed by atoms with Crippen molar-refractivity contribution in [2.75, 3.05) is 0 Å². The van der Waals surface area contributed by atoms with Gasteiger partial charge in [-0.15, -0.1) is 0 Å². The van der Waals surface area contributed by atoms with Crippen molar-refractivity contribution in [3.05, 3.63) is 41.0 Å². The Hall–Kier alpha value is -1.08. The van der Waals surface area contributed by atoms with Gasteiger partial charge in [-0.3, -0.25) is 0 Å². The largest absolute Gasteiger partial charge is 0.324 e. The smallest absolute Gasteiger partial charge is 0.0224 e. The minimum absolute atomic E-state index is 0.177. The molecular formula is C13H19N. The van der Waals surface area contributed by atoms with Gasteiger partial charge in [0, 0.05) is 6.04 Å². The lowest BCUT2D eigenvalue weighted by molar-refractivity contribution is 0.785. The van der Waals surface area contributed by atoms with Crippen molar-refractivity contribution < 1.29 is 0 Å². The first-order valence-corrected chi connectivity index (χ1v) is 5.14. The quantitative estimate of drug-likeness (QED) is 0.777. The van der Waals surface area contributed by atoms with Gasteiger partial charge in [-0.2, -0.15) is 0 Å². The van der Waals surface area contributed by atoms with Crippen molar-refractivity contribution >= 4 is 6.08 Å². The number of rotatable bonds is 3. The number of hydrogen-bond acceptors (Lipinski definition) is 1. The fraction of sp³-hybridized carbons (Fsp3) is 0.385. The van der Waals surface area contributed by atoms with Crippen LogP contribution in [0, 0.1) is 13.8 Å². The van der Waals surface area contributed by atoms with E-state index in [2.05, 4.69) is 51.1 Å². The molecule has 0 spiro atoms. The molecule has 14 heavy (non-hydrogen) atoms. The molecule has 0 saturated heterocycles. The van der Waals surface area contributed by atoms with Crippen LogP contribution in [0.1, 0.15) is 30.0 Å². The summed E-state index contributed by atoms with van der Waals surface area (Å²) in [6.07, 6.45) is 5.17. The second-order valence-corrected chi connectivity index (χ2v) is 3.79. The summed E-state index contributed by atoms with van der Waals surface area (Å²) in [4.78, 5) is 0. The minimum Gasteiger partial charge on any atom is -0.324 e. The molecule has 1 nitrogen and oxygen atoms in total. The molecule has 1 atom stereocenters. The Bertz CT molecular complexity index is 326. The minimum atomic E-state index is 0.177. The number of benzene rings is 1. The highest BCUT2D eigenvalue weighted by molar-refractivity contribution is 5.54. The van der Waals surface area contributed by atoms with Gasteiger partial charge in [0.2, 0.25) is 0 Å². The molecule has 2 N–H and O–H groups in total. The Kier molecular flexibility index (Phi) is 3.90. The number of hydrogen-bond donors (Lipinski definition) is 1. The van der Waals surface area contributed by atoms with Crippen molar-refractivity contribution in [2.45, 2.75) is 33.2 Å². The normalized spacial score (nSPS) is 13.4. The van der Waals surface area contributed by atoms with Crippen LogP contribution in [0.25, 0.3) is 6.08 Å². The maximum Gasteiger partial charge on any atom is 0.0224 e. The molecule has 1 aromatic rings. The average Bonchev–Trinajstić information content (AvgIpc) is 2.16. The van der Waals surface area contributed by atoms with E-state index in [9.17, 15) is 0 Å². The van der Waals surface area contributed by atoms with E-state index in [0.29, 0.717) is 0 Å². The molecule has 0 aromatic heterocycles. The van der Waals surface area contributed by atoms with Gasteiger partial charge in [0.1, 0.15) is 0 Å². The first-order valence-electron chi connectivity index (χ1n) is 5.14. The summed E-state index contributed by atoms with van der Waals surface area (Å²) < 4.78 is 0. The van der Waals surface area contributed by atoms with E-state index in [0.717, 1.165) is 6.42 Å². The number of aryl methyl sites for hydroxylation is 2. The van der Waals surface area contributed by atoms with Crippen LogP contribution >= 0.6 is 0 Å². The van der Waals surface area contributed by atoms with E-state index in [-0.39, 0.29) is 6.04 Å². The topological polar surface area (TPSA) is 26.0 Å². The van der Waals surface area contributed by atoms with Gasteiger partial charge in [-0.05, 0) is 31.4 Å². The molecular weight excluding hydrogens is 170 g/mol. The third kappa shape index (κ3) is 3.00. The zero-order valence-corrected chi connectivity index (χ0v) is 9.25. The predicted molar refractivity (Wildman–Crippen MR) is 63.2 cm³/mol. The highest BCUT2D eigenvalue weighted by atomic mass is 14.6. The average molecular weight is 189 g/mol. The molecule has 0 aliphatic carbocycles. The molecule has 0 radical (unpaired) electrons. The number of nitrogens with two attached hydrogens (primary N) is 1. The van der Waals surface area contributed by atoms with Crippen LogP contribution in [-0.2, 0) is 0 Å². The van der Waals surface area contributed by atoms with Gasteiger partial charge in [-0.1, -0.05) is 42.8 Å². The molecule has 0 fully saturated rings. The van der Waals surface area contributed by atoms with Gasteiger partial charge >= 0.3 is 0 Å². The van der Waals surface area contributed by atoms with E-state index >= 15 is 0 Å². The summed E-state index contributed by atoms with van der Waals surface area (Å²) in [5.41, 5.74) is 9.69. The van der Waals surface area contributed by atoms with Crippen LogP contribution < -0.4 is 5.73 Å². The predicted octanol–water partition coefficient (Wildman–Crippen LogP) is 3.05. The van der Waals surface area contributed by atoms with Gasteiger partial charge < -0.3 is 5.73 Å². The van der Waals surface area contributed by atoms with Gasteiger partial charge in [0.15, 0.2) is 0 Å². The Morgan fingerprint density at radius 1 is 1.36 bits per heavy atom. The van der Waals surface area contributed by atoms with Gasteiger partial charge in [0.25, 0.3) is 0 Å². The molecule has 1 rings (SSSR count). The molecule has 0 heterocycles. The zero-order chi connectivity index (χ0) is 10.6. The van der Waals surface area contributed by atoms with E-state index in [1.54, 1.807) is 0 Å². The van der Waals surface area contributed by atoms with Crippen LogP contribution in [0.5, 0.6) is 0 Å². The van der Waals surface area contributed by atoms with Crippen LogP contribution in [0.2, 0.25) is 0 Å². The molecule has 76 valence electrons. The standard InChI is InChI=1S/C13H19N/c1-4-13(14)8-7-12-6-5-10(2)9-11(12)3/h5-9,13H,4,14H2,1-3H3. The molecule has 0 aliphatic rings. The summed E-state index contributed by atoms with van der Waals surface area (Å²) in [6.45, 7) is 6.33. The van der Waals surface area contributed by atoms with Crippen LogP contribution in [-0.4, -0.2) is 6.04 Å². The SMILES string of the molecule is CCC(N)C=Cc1ccc(C)cc1C. The molecule has 1 heteroatoms. The maximum atomic E-state index is 5.81. The van der Waals surface area contributed by atoms with Gasteiger partial charge in [0.05, 0.1) is 0 Å². The fourth-order valence-electron chi connectivity index (χ4n) is 1.38. The molecule has 0 amide bonds. The van der Waals surface area contributed by atoms with Crippen LogP contribution in [0.3, 0.4) is 0 Å². The third-order valence-electron chi connectivity index (χ3n) is 2.42. The summed E-state index contributed by atoms with van der Waals surface area (Å²) in [5, 5.41) is 0. The lowest BCUT2D eigenvalue weighted by Gasteiger charge is -2.03. The fourth-order valence-corrected chi connectivity index (χ4v) is 1.38. The van der Waals surface area contributed by atoms with Crippen molar-refractivity contribution in [1.29, 1.82) is 0 Å². The summed E-state index contributed by atoms with van der Waals surface area (Å²) in [7, 11) is 0.